The fourth-order valence-corrected chi connectivity index (χ4v) is 0.810. The molecule has 0 bridgehead atoms. The van der Waals surface area contributed by atoms with Gasteiger partial charge in [-0.25, -0.2) is 4.79 Å². The summed E-state index contributed by atoms with van der Waals surface area (Å²) >= 11 is 0. The van der Waals surface area contributed by atoms with Crippen LogP contribution in [0.1, 0.15) is 0 Å². The van der Waals surface area contributed by atoms with E-state index in [-0.39, 0.29) is 23.4 Å². The van der Waals surface area contributed by atoms with Gasteiger partial charge in [0.05, 0.1) is 0 Å². The average Bonchev–Trinajstić information content (AvgIpc) is 2.15. The van der Waals surface area contributed by atoms with E-state index >= 15 is 0 Å². The molecule has 0 aliphatic carbocycles. The van der Waals surface area contributed by atoms with Gasteiger partial charge in [-0.3, -0.25) is 9.78 Å². The molecule has 0 unspecified atom stereocenters. The third-order valence-corrected chi connectivity index (χ3v) is 1.37. The number of nitrogens with two attached hydrogens (primary N) is 3. The number of hydrogen-bond donors (Lipinski definition) is 5. The van der Waals surface area contributed by atoms with Crippen molar-refractivity contribution < 1.29 is 0 Å². The molecule has 0 amide bonds. The smallest absolute Gasteiger partial charge is 0.325 e. The van der Waals surface area contributed by atoms with E-state index in [4.69, 9.17) is 17.2 Å². The summed E-state index contributed by atoms with van der Waals surface area (Å²) in [6, 6.07) is 1.24. The zero-order chi connectivity index (χ0) is 12.8. The van der Waals surface area contributed by atoms with Crippen LogP contribution in [0.15, 0.2) is 21.9 Å². The molecule has 0 fully saturated rings. The lowest BCUT2D eigenvalue weighted by atomic mass is 10.7. The van der Waals surface area contributed by atoms with Gasteiger partial charge in [-0.2, -0.15) is 15.0 Å². The topological polar surface area (TPSA) is 182 Å². The molecule has 0 aromatic carbocycles. The zero-order valence-electron chi connectivity index (χ0n) is 8.54. The first-order chi connectivity index (χ1) is 7.97. The number of aromatic nitrogens is 5. The minimum Gasteiger partial charge on any atom is -0.368 e. The summed E-state index contributed by atoms with van der Waals surface area (Å²) in [5.74, 6) is 0.125. The van der Waals surface area contributed by atoms with Crippen molar-refractivity contribution in [3.8, 4) is 0 Å². The largest absolute Gasteiger partial charge is 0.368 e. The summed E-state index contributed by atoms with van der Waals surface area (Å²) in [6.45, 7) is 0. The molecule has 90 valence electrons. The minimum atomic E-state index is -0.475. The van der Waals surface area contributed by atoms with Crippen LogP contribution in [0.25, 0.3) is 0 Å². The van der Waals surface area contributed by atoms with Gasteiger partial charge in [0.1, 0.15) is 0 Å². The maximum atomic E-state index is 10.2. The Labute approximate surface area is 93.9 Å². The van der Waals surface area contributed by atoms with Crippen LogP contribution in [0.5, 0.6) is 0 Å². The highest BCUT2D eigenvalue weighted by atomic mass is 16.2. The van der Waals surface area contributed by atoms with Crippen LogP contribution in [0.4, 0.5) is 17.8 Å². The number of H-pyrrole nitrogens is 2. The molecule has 0 aliphatic rings. The lowest BCUT2D eigenvalue weighted by Crippen LogP contribution is -2.19. The summed E-state index contributed by atoms with van der Waals surface area (Å²) in [7, 11) is 0. The van der Waals surface area contributed by atoms with Crippen molar-refractivity contribution in [3.63, 3.8) is 0 Å². The van der Waals surface area contributed by atoms with Gasteiger partial charge in [0.15, 0.2) is 0 Å². The molecule has 10 nitrogen and oxygen atoms in total. The summed E-state index contributed by atoms with van der Waals surface area (Å²) in [5, 5.41) is 0. The van der Waals surface area contributed by atoms with E-state index < -0.39 is 5.69 Å². The number of nitrogen functional groups attached to an aromatic ring is 3. The molecule has 0 saturated heterocycles. The van der Waals surface area contributed by atoms with Crippen molar-refractivity contribution in [2.75, 3.05) is 17.2 Å². The maximum Gasteiger partial charge on any atom is 0.325 e. The Bertz CT molecular complexity index is 527. The molecule has 2 aromatic heterocycles. The lowest BCUT2D eigenvalue weighted by Gasteiger charge is -1.93. The second-order valence-corrected chi connectivity index (χ2v) is 2.71. The molecular formula is C7H10N8O2. The molecule has 0 atom stereocenters. The first kappa shape index (κ1) is 12.2. The van der Waals surface area contributed by atoms with E-state index in [0.717, 1.165) is 0 Å². The zero-order valence-corrected chi connectivity index (χ0v) is 8.54. The van der Waals surface area contributed by atoms with Crippen molar-refractivity contribution in [2.24, 2.45) is 0 Å². The molecule has 2 aromatic rings. The monoisotopic (exact) mass is 238 g/mol. The van der Waals surface area contributed by atoms with Crippen molar-refractivity contribution >= 4 is 17.8 Å². The Kier molecular flexibility index (Phi) is 3.76. The summed E-state index contributed by atoms with van der Waals surface area (Å²) in [4.78, 5) is 35.1. The molecule has 17 heavy (non-hydrogen) atoms. The van der Waals surface area contributed by atoms with Gasteiger partial charge in [-0.1, -0.05) is 0 Å². The van der Waals surface area contributed by atoms with Gasteiger partial charge >= 0.3 is 5.69 Å². The molecule has 0 spiro atoms. The van der Waals surface area contributed by atoms with Crippen molar-refractivity contribution in [3.05, 3.63) is 33.1 Å². The Morgan fingerprint density at radius 1 is 0.941 bits per heavy atom. The van der Waals surface area contributed by atoms with E-state index in [9.17, 15) is 9.59 Å². The Hall–Kier alpha value is -2.91. The maximum absolute atomic E-state index is 10.2. The summed E-state index contributed by atoms with van der Waals surface area (Å²) < 4.78 is 0. The molecule has 0 aliphatic heterocycles. The van der Waals surface area contributed by atoms with Gasteiger partial charge in [-0.15, -0.1) is 0 Å². The van der Waals surface area contributed by atoms with Gasteiger partial charge in [0.25, 0.3) is 5.56 Å². The molecule has 10 heteroatoms. The number of anilines is 3. The minimum absolute atomic E-state index is 0.0417. The van der Waals surface area contributed by atoms with E-state index in [1.807, 2.05) is 4.98 Å². The molecule has 2 heterocycles. The first-order valence-corrected chi connectivity index (χ1v) is 4.28. The van der Waals surface area contributed by atoms with E-state index in [2.05, 4.69) is 19.9 Å². The van der Waals surface area contributed by atoms with Crippen LogP contribution in [-0.2, 0) is 0 Å². The second kappa shape index (κ2) is 5.25. The standard InChI is InChI=1S/C4H4N2O2.C3H6N6/c7-3-1-2-5-4(8)6-3;4-1-7-2(5)9-3(6)8-1/h1-2H,(H2,5,6,7,8);(H6,4,5,6,7,8,9). The average molecular weight is 238 g/mol. The molecular weight excluding hydrogens is 228 g/mol. The molecule has 0 saturated carbocycles. The predicted molar refractivity (Wildman–Crippen MR) is 60.7 cm³/mol. The normalized spacial score (nSPS) is 9.18. The van der Waals surface area contributed by atoms with Crippen LogP contribution in [0.2, 0.25) is 0 Å². The van der Waals surface area contributed by atoms with Crippen LogP contribution in [0, 0.1) is 0 Å². The molecule has 2 rings (SSSR count). The Morgan fingerprint density at radius 3 is 1.71 bits per heavy atom. The Balaban J connectivity index is 0.000000171. The van der Waals surface area contributed by atoms with Crippen LogP contribution >= 0.6 is 0 Å². The highest BCUT2D eigenvalue weighted by molar-refractivity contribution is 5.33. The third-order valence-electron chi connectivity index (χ3n) is 1.37. The van der Waals surface area contributed by atoms with Crippen molar-refractivity contribution in [2.45, 2.75) is 0 Å². The third kappa shape index (κ3) is 4.42. The van der Waals surface area contributed by atoms with Gasteiger partial charge in [0, 0.05) is 12.3 Å². The number of nitrogens with zero attached hydrogens (tertiary/aromatic N) is 3. The quantitative estimate of drug-likeness (QED) is 0.338. The summed E-state index contributed by atoms with van der Waals surface area (Å²) in [5.41, 5.74) is 14.6. The van der Waals surface area contributed by atoms with Crippen molar-refractivity contribution in [1.82, 2.24) is 24.9 Å². The number of nitrogens with one attached hydrogen (secondary N) is 2. The Morgan fingerprint density at radius 2 is 1.41 bits per heavy atom. The van der Waals surface area contributed by atoms with Gasteiger partial charge in [0.2, 0.25) is 17.8 Å². The highest BCUT2D eigenvalue weighted by Crippen LogP contribution is 1.97. The van der Waals surface area contributed by atoms with Gasteiger partial charge in [-0.05, 0) is 0 Å². The SMILES string of the molecule is Nc1nc(N)nc(N)n1.O=c1cc[nH]c(=O)[nH]1. The molecule has 0 radical (unpaired) electrons. The summed E-state index contributed by atoms with van der Waals surface area (Å²) in [6.07, 6.45) is 1.29. The van der Waals surface area contributed by atoms with Crippen molar-refractivity contribution in [1.29, 1.82) is 0 Å². The number of aromatic amines is 2. The lowest BCUT2D eigenvalue weighted by molar-refractivity contribution is 1.04. The van der Waals surface area contributed by atoms with Crippen LogP contribution < -0.4 is 28.5 Å². The van der Waals surface area contributed by atoms with E-state index in [1.54, 1.807) is 0 Å². The predicted octanol–water partition coefficient (Wildman–Crippen LogP) is -2.32. The first-order valence-electron chi connectivity index (χ1n) is 4.28. The van der Waals surface area contributed by atoms with Crippen LogP contribution in [0.3, 0.4) is 0 Å². The number of hydrogen-bond acceptors (Lipinski definition) is 8. The molecule has 8 N–H and O–H groups in total. The highest BCUT2D eigenvalue weighted by Gasteiger charge is 1.93. The number of rotatable bonds is 0. The fraction of sp³-hybridized carbons (Fsp3) is 0. The van der Waals surface area contributed by atoms with Gasteiger partial charge < -0.3 is 22.2 Å². The fourth-order valence-electron chi connectivity index (χ4n) is 0.810. The van der Waals surface area contributed by atoms with E-state index in [1.165, 1.54) is 12.3 Å². The van der Waals surface area contributed by atoms with Crippen LogP contribution in [-0.4, -0.2) is 24.9 Å². The second-order valence-electron chi connectivity index (χ2n) is 2.71. The van der Waals surface area contributed by atoms with E-state index in [0.29, 0.717) is 0 Å².